The van der Waals surface area contributed by atoms with Gasteiger partial charge in [0.15, 0.2) is 0 Å². The van der Waals surface area contributed by atoms with Crippen LogP contribution in [-0.4, -0.2) is 25.5 Å². The predicted octanol–water partition coefficient (Wildman–Crippen LogP) is 4.22. The molecule has 0 amide bonds. The van der Waals surface area contributed by atoms with E-state index >= 15 is 0 Å². The van der Waals surface area contributed by atoms with Gasteiger partial charge in [-0.2, -0.15) is 0 Å². The van der Waals surface area contributed by atoms with Crippen LogP contribution >= 0.6 is 23.2 Å². The van der Waals surface area contributed by atoms with Gasteiger partial charge in [-0.3, -0.25) is 4.31 Å². The Morgan fingerprint density at radius 2 is 1.72 bits per heavy atom. The largest absolute Gasteiger partial charge is 0.480 e. The molecule has 0 bridgehead atoms. The number of anilines is 1. The molecule has 0 spiro atoms. The summed E-state index contributed by atoms with van der Waals surface area (Å²) < 4.78 is 27.0. The van der Waals surface area contributed by atoms with Crippen LogP contribution in [0.2, 0.25) is 10.0 Å². The minimum Gasteiger partial charge on any atom is -0.480 e. The topological polar surface area (TPSA) is 74.7 Å². The standard InChI is InChI=1S/C17H17Cl2NO4S/c1-3-12-4-6-13(7-5-12)20(11(2)17(21)22)25(23,24)14-8-9-15(18)16(19)10-14/h4-11H,3H2,1-2H3,(H,21,22). The highest BCUT2D eigenvalue weighted by Gasteiger charge is 2.33. The molecular weight excluding hydrogens is 385 g/mol. The average Bonchev–Trinajstić information content (AvgIpc) is 2.57. The van der Waals surface area contributed by atoms with Crippen molar-refractivity contribution in [2.24, 2.45) is 0 Å². The third-order valence-electron chi connectivity index (χ3n) is 3.76. The molecule has 1 unspecified atom stereocenters. The Balaban J connectivity index is 2.60. The molecule has 0 aromatic heterocycles. The van der Waals surface area contributed by atoms with E-state index in [4.69, 9.17) is 23.2 Å². The number of rotatable bonds is 6. The first-order chi connectivity index (χ1) is 11.7. The zero-order chi connectivity index (χ0) is 18.8. The highest BCUT2D eigenvalue weighted by atomic mass is 35.5. The maximum atomic E-state index is 13.1. The van der Waals surface area contributed by atoms with Crippen molar-refractivity contribution in [1.29, 1.82) is 0 Å². The van der Waals surface area contributed by atoms with Crippen molar-refractivity contribution in [1.82, 2.24) is 0 Å². The number of carboxylic acids is 1. The maximum absolute atomic E-state index is 13.1. The van der Waals surface area contributed by atoms with Gasteiger partial charge >= 0.3 is 5.97 Å². The van der Waals surface area contributed by atoms with Gasteiger partial charge in [0.25, 0.3) is 10.0 Å². The highest BCUT2D eigenvalue weighted by molar-refractivity contribution is 7.93. The zero-order valence-electron chi connectivity index (χ0n) is 13.6. The van der Waals surface area contributed by atoms with E-state index in [2.05, 4.69) is 0 Å². The molecule has 5 nitrogen and oxygen atoms in total. The molecule has 2 rings (SSSR count). The molecule has 8 heteroatoms. The Bertz CT molecular complexity index is 882. The number of hydrogen-bond acceptors (Lipinski definition) is 3. The molecule has 1 N–H and O–H groups in total. The van der Waals surface area contributed by atoms with Crippen molar-refractivity contribution in [2.45, 2.75) is 31.2 Å². The van der Waals surface area contributed by atoms with E-state index < -0.39 is 22.0 Å². The molecule has 0 aliphatic rings. The average molecular weight is 402 g/mol. The Hall–Kier alpha value is -1.76. The van der Waals surface area contributed by atoms with Crippen molar-refractivity contribution < 1.29 is 18.3 Å². The van der Waals surface area contributed by atoms with E-state index in [9.17, 15) is 18.3 Å². The number of hydrogen-bond donors (Lipinski definition) is 1. The SMILES string of the molecule is CCc1ccc(N(C(C)C(=O)O)S(=O)(=O)c2ccc(Cl)c(Cl)c2)cc1. The molecule has 0 saturated carbocycles. The van der Waals surface area contributed by atoms with Crippen LogP contribution in [0, 0.1) is 0 Å². The van der Waals surface area contributed by atoms with Gasteiger partial charge in [0.2, 0.25) is 0 Å². The lowest BCUT2D eigenvalue weighted by Crippen LogP contribution is -2.43. The minimum absolute atomic E-state index is 0.0759. The van der Waals surface area contributed by atoms with Crippen LogP contribution in [0.4, 0.5) is 5.69 Å². The number of halogens is 2. The molecule has 0 aliphatic heterocycles. The van der Waals surface area contributed by atoms with Gasteiger partial charge in [-0.1, -0.05) is 42.3 Å². The van der Waals surface area contributed by atoms with E-state index in [1.165, 1.54) is 25.1 Å². The third-order valence-corrected chi connectivity index (χ3v) is 6.39. The van der Waals surface area contributed by atoms with E-state index in [0.717, 1.165) is 16.3 Å². The number of aryl methyl sites for hydroxylation is 1. The molecule has 1 atom stereocenters. The summed E-state index contributed by atoms with van der Waals surface area (Å²) in [6.45, 7) is 3.28. The molecule has 2 aromatic carbocycles. The fourth-order valence-corrected chi connectivity index (χ4v) is 4.30. The van der Waals surface area contributed by atoms with E-state index in [1.807, 2.05) is 6.92 Å². The summed E-state index contributed by atoms with van der Waals surface area (Å²) in [4.78, 5) is 11.4. The second kappa shape index (κ2) is 7.64. The van der Waals surface area contributed by atoms with E-state index in [1.54, 1.807) is 24.3 Å². The lowest BCUT2D eigenvalue weighted by molar-refractivity contribution is -0.137. The Morgan fingerprint density at radius 1 is 1.12 bits per heavy atom. The van der Waals surface area contributed by atoms with Crippen molar-refractivity contribution in [3.05, 3.63) is 58.1 Å². The van der Waals surface area contributed by atoms with E-state index in [0.29, 0.717) is 0 Å². The molecule has 0 aliphatic carbocycles. The lowest BCUT2D eigenvalue weighted by Gasteiger charge is -2.28. The van der Waals surface area contributed by atoms with Gasteiger partial charge in [-0.15, -0.1) is 0 Å². The van der Waals surface area contributed by atoms with Gasteiger partial charge in [0, 0.05) is 0 Å². The zero-order valence-corrected chi connectivity index (χ0v) is 15.9. The molecular formula is C17H17Cl2NO4S. The Labute approximate surface area is 156 Å². The molecule has 25 heavy (non-hydrogen) atoms. The summed E-state index contributed by atoms with van der Waals surface area (Å²) in [6.07, 6.45) is 0.786. The Morgan fingerprint density at radius 3 is 2.20 bits per heavy atom. The number of carboxylic acid groups (broad SMARTS) is 1. The van der Waals surface area contributed by atoms with Crippen LogP contribution < -0.4 is 4.31 Å². The molecule has 0 fully saturated rings. The van der Waals surface area contributed by atoms with Gasteiger partial charge in [-0.05, 0) is 49.2 Å². The summed E-state index contributed by atoms with van der Waals surface area (Å²) in [5.41, 5.74) is 1.27. The summed E-state index contributed by atoms with van der Waals surface area (Å²) in [5, 5.41) is 9.66. The molecule has 134 valence electrons. The number of aliphatic carboxylic acids is 1. The van der Waals surface area contributed by atoms with Crippen LogP contribution in [0.3, 0.4) is 0 Å². The Kier molecular flexibility index (Phi) is 5.98. The van der Waals surface area contributed by atoms with Gasteiger partial charge in [0.05, 0.1) is 20.6 Å². The summed E-state index contributed by atoms with van der Waals surface area (Å²) >= 11 is 11.8. The normalized spacial score (nSPS) is 12.6. The van der Waals surface area contributed by atoms with Crippen LogP contribution in [0.5, 0.6) is 0 Å². The monoisotopic (exact) mass is 401 g/mol. The van der Waals surface area contributed by atoms with Crippen LogP contribution in [-0.2, 0) is 21.2 Å². The lowest BCUT2D eigenvalue weighted by atomic mass is 10.1. The second-order valence-corrected chi connectivity index (χ2v) is 8.04. The fourth-order valence-electron chi connectivity index (χ4n) is 2.30. The first-order valence-corrected chi connectivity index (χ1v) is 9.69. The summed E-state index contributed by atoms with van der Waals surface area (Å²) in [6, 6.07) is 9.28. The van der Waals surface area contributed by atoms with Gasteiger partial charge in [0.1, 0.15) is 6.04 Å². The number of benzene rings is 2. The smallest absolute Gasteiger partial charge is 0.327 e. The van der Waals surface area contributed by atoms with Crippen molar-refractivity contribution >= 4 is 44.9 Å². The molecule has 0 heterocycles. The van der Waals surface area contributed by atoms with Crippen LogP contribution in [0.1, 0.15) is 19.4 Å². The number of nitrogens with zero attached hydrogens (tertiary/aromatic N) is 1. The molecule has 2 aromatic rings. The van der Waals surface area contributed by atoms with Crippen molar-refractivity contribution in [3.63, 3.8) is 0 Å². The van der Waals surface area contributed by atoms with Crippen LogP contribution in [0.15, 0.2) is 47.4 Å². The number of sulfonamides is 1. The van der Waals surface area contributed by atoms with Gasteiger partial charge < -0.3 is 5.11 Å². The quantitative estimate of drug-likeness (QED) is 0.785. The minimum atomic E-state index is -4.15. The van der Waals surface area contributed by atoms with Crippen molar-refractivity contribution in [2.75, 3.05) is 4.31 Å². The summed E-state index contributed by atoms with van der Waals surface area (Å²) in [7, 11) is -4.15. The predicted molar refractivity (Wildman–Crippen MR) is 99.0 cm³/mol. The first kappa shape index (κ1) is 19.6. The summed E-state index contributed by atoms with van der Waals surface area (Å²) in [5.74, 6) is -1.26. The number of carbonyl (C=O) groups is 1. The third kappa shape index (κ3) is 4.08. The first-order valence-electron chi connectivity index (χ1n) is 7.49. The fraction of sp³-hybridized carbons (Fsp3) is 0.235. The van der Waals surface area contributed by atoms with Crippen molar-refractivity contribution in [3.8, 4) is 0 Å². The second-order valence-electron chi connectivity index (χ2n) is 5.41. The van der Waals surface area contributed by atoms with E-state index in [-0.39, 0.29) is 20.6 Å². The van der Waals surface area contributed by atoms with Gasteiger partial charge in [-0.25, -0.2) is 13.2 Å². The molecule has 0 radical (unpaired) electrons. The maximum Gasteiger partial charge on any atom is 0.327 e. The molecule has 0 saturated heterocycles. The highest BCUT2D eigenvalue weighted by Crippen LogP contribution is 2.30. The van der Waals surface area contributed by atoms with Crippen LogP contribution in [0.25, 0.3) is 0 Å².